The van der Waals surface area contributed by atoms with E-state index in [1.165, 1.54) is 0 Å². The van der Waals surface area contributed by atoms with Crippen LogP contribution in [0, 0.1) is 5.92 Å². The Morgan fingerprint density at radius 2 is 2.00 bits per heavy atom. The summed E-state index contributed by atoms with van der Waals surface area (Å²) >= 11 is 0. The van der Waals surface area contributed by atoms with E-state index >= 15 is 0 Å². The van der Waals surface area contributed by atoms with E-state index in [1.807, 2.05) is 4.90 Å². The molecular weight excluding hydrogens is 190 g/mol. The topological polar surface area (TPSA) is 29.5 Å². The Hall–Kier alpha value is -0.730. The average Bonchev–Trinajstić information content (AvgIpc) is 2.60. The van der Waals surface area contributed by atoms with E-state index in [9.17, 15) is 4.79 Å². The lowest BCUT2D eigenvalue weighted by molar-refractivity contribution is 0.0855. The molecule has 0 saturated carbocycles. The van der Waals surface area contributed by atoms with E-state index in [1.54, 1.807) is 0 Å². The standard InChI is InChI=1S/C12H23NO2/c1-6-12(5,7-2)13-10(9(3)4)8-15-11(13)14/h9-10H,6-8H2,1-5H3. The van der Waals surface area contributed by atoms with Gasteiger partial charge in [0.05, 0.1) is 6.04 Å². The van der Waals surface area contributed by atoms with Crippen molar-refractivity contribution < 1.29 is 9.53 Å². The molecule has 3 heteroatoms. The minimum Gasteiger partial charge on any atom is -0.447 e. The van der Waals surface area contributed by atoms with Crippen LogP contribution in [-0.2, 0) is 4.74 Å². The smallest absolute Gasteiger partial charge is 0.410 e. The van der Waals surface area contributed by atoms with Crippen molar-refractivity contribution in [3.63, 3.8) is 0 Å². The van der Waals surface area contributed by atoms with Gasteiger partial charge < -0.3 is 4.74 Å². The van der Waals surface area contributed by atoms with Gasteiger partial charge in [-0.3, -0.25) is 4.90 Å². The third-order valence-corrected chi connectivity index (χ3v) is 3.78. The van der Waals surface area contributed by atoms with Crippen molar-refractivity contribution in [2.75, 3.05) is 6.61 Å². The second-order valence-electron chi connectivity index (χ2n) is 4.96. The summed E-state index contributed by atoms with van der Waals surface area (Å²) in [5, 5.41) is 0. The van der Waals surface area contributed by atoms with Crippen molar-refractivity contribution in [1.82, 2.24) is 4.90 Å². The minimum atomic E-state index is -0.139. The van der Waals surface area contributed by atoms with Crippen molar-refractivity contribution in [2.45, 2.75) is 59.0 Å². The highest BCUT2D eigenvalue weighted by molar-refractivity contribution is 5.71. The Morgan fingerprint density at radius 1 is 1.47 bits per heavy atom. The van der Waals surface area contributed by atoms with Crippen LogP contribution in [0.5, 0.6) is 0 Å². The molecule has 0 aromatic carbocycles. The largest absolute Gasteiger partial charge is 0.447 e. The maximum atomic E-state index is 11.8. The SMILES string of the molecule is CCC(C)(CC)N1C(=O)OCC1C(C)C. The molecule has 1 aliphatic rings. The summed E-state index contributed by atoms with van der Waals surface area (Å²) in [6.45, 7) is 11.2. The fourth-order valence-electron chi connectivity index (χ4n) is 2.14. The molecule has 88 valence electrons. The van der Waals surface area contributed by atoms with Crippen LogP contribution in [0.25, 0.3) is 0 Å². The maximum absolute atomic E-state index is 11.8. The molecule has 1 fully saturated rings. The average molecular weight is 213 g/mol. The van der Waals surface area contributed by atoms with Crippen LogP contribution in [0.4, 0.5) is 4.79 Å². The predicted molar refractivity (Wildman–Crippen MR) is 60.8 cm³/mol. The van der Waals surface area contributed by atoms with Gasteiger partial charge in [0.25, 0.3) is 0 Å². The molecule has 1 amide bonds. The molecule has 0 spiro atoms. The first kappa shape index (κ1) is 12.3. The second kappa shape index (κ2) is 4.42. The van der Waals surface area contributed by atoms with Crippen LogP contribution >= 0.6 is 0 Å². The van der Waals surface area contributed by atoms with Crippen molar-refractivity contribution in [3.8, 4) is 0 Å². The van der Waals surface area contributed by atoms with E-state index in [0.717, 1.165) is 12.8 Å². The lowest BCUT2D eigenvalue weighted by Crippen LogP contribution is -2.52. The molecule has 0 radical (unpaired) electrons. The highest BCUT2D eigenvalue weighted by Crippen LogP contribution is 2.32. The van der Waals surface area contributed by atoms with Crippen LogP contribution < -0.4 is 0 Å². The maximum Gasteiger partial charge on any atom is 0.410 e. The zero-order valence-corrected chi connectivity index (χ0v) is 10.5. The number of amides is 1. The summed E-state index contributed by atoms with van der Waals surface area (Å²) in [4.78, 5) is 13.7. The van der Waals surface area contributed by atoms with Gasteiger partial charge in [-0.25, -0.2) is 4.79 Å². The first-order valence-corrected chi connectivity index (χ1v) is 5.92. The molecule has 3 nitrogen and oxygen atoms in total. The summed E-state index contributed by atoms with van der Waals surface area (Å²) in [6, 6.07) is 0.238. The Kier molecular flexibility index (Phi) is 3.63. The number of carbonyl (C=O) groups excluding carboxylic acids is 1. The van der Waals surface area contributed by atoms with Gasteiger partial charge >= 0.3 is 6.09 Å². The van der Waals surface area contributed by atoms with E-state index < -0.39 is 0 Å². The molecule has 1 rings (SSSR count). The Bertz CT molecular complexity index is 234. The number of hydrogen-bond acceptors (Lipinski definition) is 2. The number of carbonyl (C=O) groups is 1. The summed E-state index contributed by atoms with van der Waals surface area (Å²) in [5.74, 6) is 0.453. The van der Waals surface area contributed by atoms with Crippen LogP contribution in [0.2, 0.25) is 0 Å². The summed E-state index contributed by atoms with van der Waals surface area (Å²) in [5.41, 5.74) is -0.0531. The van der Waals surface area contributed by atoms with Gasteiger partial charge in [-0.15, -0.1) is 0 Å². The number of ether oxygens (including phenoxy) is 1. The first-order valence-electron chi connectivity index (χ1n) is 5.92. The first-order chi connectivity index (χ1) is 6.96. The summed E-state index contributed by atoms with van der Waals surface area (Å²) in [7, 11) is 0. The van der Waals surface area contributed by atoms with Crippen molar-refractivity contribution in [1.29, 1.82) is 0 Å². The molecule has 15 heavy (non-hydrogen) atoms. The molecular formula is C12H23NO2. The number of nitrogens with zero attached hydrogens (tertiary/aromatic N) is 1. The Labute approximate surface area is 92.8 Å². The van der Waals surface area contributed by atoms with Gasteiger partial charge in [0.15, 0.2) is 0 Å². The molecule has 1 aliphatic heterocycles. The quantitative estimate of drug-likeness (QED) is 0.718. The Morgan fingerprint density at radius 3 is 2.40 bits per heavy atom. The molecule has 1 saturated heterocycles. The molecule has 0 aliphatic carbocycles. The van der Waals surface area contributed by atoms with E-state index in [4.69, 9.17) is 4.74 Å². The van der Waals surface area contributed by atoms with Gasteiger partial charge in [-0.05, 0) is 25.7 Å². The highest BCUT2D eigenvalue weighted by Gasteiger charge is 2.44. The van der Waals surface area contributed by atoms with E-state index in [-0.39, 0.29) is 17.7 Å². The molecule has 1 atom stereocenters. The molecule has 0 bridgehead atoms. The number of rotatable bonds is 4. The predicted octanol–water partition coefficient (Wildman–Crippen LogP) is 3.04. The van der Waals surface area contributed by atoms with Gasteiger partial charge in [0, 0.05) is 5.54 Å². The molecule has 0 aromatic rings. The number of hydrogen-bond donors (Lipinski definition) is 0. The zero-order valence-electron chi connectivity index (χ0n) is 10.5. The van der Waals surface area contributed by atoms with Crippen LogP contribution in [0.3, 0.4) is 0 Å². The van der Waals surface area contributed by atoms with E-state index in [0.29, 0.717) is 12.5 Å². The van der Waals surface area contributed by atoms with Crippen molar-refractivity contribution >= 4 is 6.09 Å². The van der Waals surface area contributed by atoms with Crippen molar-refractivity contribution in [3.05, 3.63) is 0 Å². The third-order valence-electron chi connectivity index (χ3n) is 3.78. The van der Waals surface area contributed by atoms with Gasteiger partial charge in [-0.1, -0.05) is 27.7 Å². The van der Waals surface area contributed by atoms with Crippen LogP contribution in [0.1, 0.15) is 47.5 Å². The van der Waals surface area contributed by atoms with E-state index in [2.05, 4.69) is 34.6 Å². The molecule has 0 aromatic heterocycles. The monoisotopic (exact) mass is 213 g/mol. The number of cyclic esters (lactones) is 1. The highest BCUT2D eigenvalue weighted by atomic mass is 16.6. The Balaban J connectivity index is 2.93. The summed E-state index contributed by atoms with van der Waals surface area (Å²) in [6.07, 6.45) is 1.81. The fourth-order valence-corrected chi connectivity index (χ4v) is 2.14. The normalized spacial score (nSPS) is 22.4. The third kappa shape index (κ3) is 2.11. The van der Waals surface area contributed by atoms with Crippen LogP contribution in [-0.4, -0.2) is 29.2 Å². The lowest BCUT2D eigenvalue weighted by atomic mass is 9.90. The van der Waals surface area contributed by atoms with Gasteiger partial charge in [0.2, 0.25) is 0 Å². The fraction of sp³-hybridized carbons (Fsp3) is 0.917. The molecule has 1 unspecified atom stereocenters. The van der Waals surface area contributed by atoms with Crippen LogP contribution in [0.15, 0.2) is 0 Å². The molecule has 0 N–H and O–H groups in total. The van der Waals surface area contributed by atoms with Gasteiger partial charge in [-0.2, -0.15) is 0 Å². The van der Waals surface area contributed by atoms with Crippen molar-refractivity contribution in [2.24, 2.45) is 5.92 Å². The second-order valence-corrected chi connectivity index (χ2v) is 4.96. The lowest BCUT2D eigenvalue weighted by Gasteiger charge is -2.40. The molecule has 1 heterocycles. The minimum absolute atomic E-state index is 0.0531. The zero-order chi connectivity index (χ0) is 11.6. The van der Waals surface area contributed by atoms with Gasteiger partial charge in [0.1, 0.15) is 6.61 Å². The summed E-state index contributed by atoms with van der Waals surface area (Å²) < 4.78 is 5.18.